The van der Waals surface area contributed by atoms with Gasteiger partial charge in [0.25, 0.3) is 0 Å². The summed E-state index contributed by atoms with van der Waals surface area (Å²) >= 11 is 0. The zero-order chi connectivity index (χ0) is 14.7. The lowest BCUT2D eigenvalue weighted by Crippen LogP contribution is -2.21. The van der Waals surface area contributed by atoms with Crippen LogP contribution in [0.1, 0.15) is 55.6 Å². The second-order valence-electron chi connectivity index (χ2n) is 6.12. The van der Waals surface area contributed by atoms with Crippen LogP contribution in [0.15, 0.2) is 24.8 Å². The van der Waals surface area contributed by atoms with Crippen LogP contribution in [0.4, 0.5) is 0 Å². The van der Waals surface area contributed by atoms with Crippen molar-refractivity contribution in [1.82, 2.24) is 19.4 Å². The molecule has 3 rings (SSSR count). The Balaban J connectivity index is 1.81. The number of rotatable bonds is 5. The zero-order valence-electron chi connectivity index (χ0n) is 13.2. The summed E-state index contributed by atoms with van der Waals surface area (Å²) in [7, 11) is 2.06. The van der Waals surface area contributed by atoms with Gasteiger partial charge < -0.3 is 14.5 Å². The van der Waals surface area contributed by atoms with E-state index in [0.29, 0.717) is 6.04 Å². The Kier molecular flexibility index (Phi) is 4.44. The number of nitrogens with zero attached hydrogens (tertiary/aromatic N) is 3. The molecule has 4 nitrogen and oxygen atoms in total. The van der Waals surface area contributed by atoms with Crippen LogP contribution in [0.5, 0.6) is 0 Å². The van der Waals surface area contributed by atoms with Gasteiger partial charge in [0, 0.05) is 37.9 Å². The zero-order valence-corrected chi connectivity index (χ0v) is 13.2. The molecule has 1 unspecified atom stereocenters. The van der Waals surface area contributed by atoms with Gasteiger partial charge in [-0.05, 0) is 43.4 Å². The molecule has 0 saturated heterocycles. The fraction of sp³-hybridized carbons (Fsp3) is 0.588. The summed E-state index contributed by atoms with van der Waals surface area (Å²) in [5.41, 5.74) is 3.03. The molecule has 0 fully saturated rings. The molecule has 1 atom stereocenters. The summed E-state index contributed by atoms with van der Waals surface area (Å²) < 4.78 is 4.40. The normalized spacial score (nSPS) is 18.5. The van der Waals surface area contributed by atoms with Gasteiger partial charge in [-0.3, -0.25) is 0 Å². The highest BCUT2D eigenvalue weighted by molar-refractivity contribution is 5.29. The number of imidazole rings is 1. The maximum Gasteiger partial charge on any atom is 0.128 e. The number of fused-ring (bicyclic) bond motifs is 1. The number of aromatic nitrogens is 3. The predicted octanol–water partition coefficient (Wildman–Crippen LogP) is 3.04. The van der Waals surface area contributed by atoms with Gasteiger partial charge in [0.1, 0.15) is 5.82 Å². The minimum Gasteiger partial charge on any atom is -0.346 e. The van der Waals surface area contributed by atoms with Crippen LogP contribution < -0.4 is 5.32 Å². The second-order valence-corrected chi connectivity index (χ2v) is 6.12. The van der Waals surface area contributed by atoms with Gasteiger partial charge in [0.2, 0.25) is 0 Å². The van der Waals surface area contributed by atoms with E-state index in [2.05, 4.69) is 45.8 Å². The van der Waals surface area contributed by atoms with E-state index in [-0.39, 0.29) is 0 Å². The quantitative estimate of drug-likeness (QED) is 0.857. The second kappa shape index (κ2) is 6.48. The molecule has 2 aromatic heterocycles. The summed E-state index contributed by atoms with van der Waals surface area (Å²) in [4.78, 5) is 4.43. The third-order valence-corrected chi connectivity index (χ3v) is 4.45. The van der Waals surface area contributed by atoms with E-state index in [4.69, 9.17) is 0 Å². The van der Waals surface area contributed by atoms with Crippen molar-refractivity contribution in [3.05, 3.63) is 41.7 Å². The molecule has 21 heavy (non-hydrogen) atoms. The molecule has 0 amide bonds. The molecule has 0 aliphatic heterocycles. The van der Waals surface area contributed by atoms with Gasteiger partial charge in [-0.25, -0.2) is 4.98 Å². The Morgan fingerprint density at radius 3 is 3.00 bits per heavy atom. The molecule has 0 spiro atoms. The Hall–Kier alpha value is -1.55. The first-order chi connectivity index (χ1) is 10.3. The van der Waals surface area contributed by atoms with Gasteiger partial charge in [-0.2, -0.15) is 0 Å². The van der Waals surface area contributed by atoms with Gasteiger partial charge in [-0.15, -0.1) is 0 Å². The summed E-state index contributed by atoms with van der Waals surface area (Å²) in [5.74, 6) is 1.11. The minimum atomic E-state index is 0.532. The molecule has 1 aliphatic carbocycles. The van der Waals surface area contributed by atoms with E-state index < -0.39 is 0 Å². The standard InChI is InChI=1S/C17H26N4/c1-3-8-18-16-7-5-4-6-14-11-21(12-15(14)16)13-17-19-9-10-20(17)2/h9-12,16,18H,3-8,13H2,1-2H3. The van der Waals surface area contributed by atoms with Crippen molar-refractivity contribution in [2.75, 3.05) is 6.54 Å². The van der Waals surface area contributed by atoms with E-state index in [1.807, 2.05) is 12.4 Å². The SMILES string of the molecule is CCCNC1CCCCc2cn(Cc3nccn3C)cc21. The van der Waals surface area contributed by atoms with E-state index in [1.165, 1.54) is 43.2 Å². The van der Waals surface area contributed by atoms with E-state index in [1.54, 1.807) is 0 Å². The van der Waals surface area contributed by atoms with Crippen molar-refractivity contribution < 1.29 is 0 Å². The minimum absolute atomic E-state index is 0.532. The summed E-state index contributed by atoms with van der Waals surface area (Å²) in [6.07, 6.45) is 14.9. The summed E-state index contributed by atoms with van der Waals surface area (Å²) in [5, 5.41) is 3.72. The van der Waals surface area contributed by atoms with Crippen LogP contribution in [0, 0.1) is 0 Å². The molecule has 4 heteroatoms. The molecule has 0 aromatic carbocycles. The monoisotopic (exact) mass is 286 g/mol. The fourth-order valence-corrected chi connectivity index (χ4v) is 3.25. The molecular formula is C17H26N4. The Labute approximate surface area is 127 Å². The fourth-order valence-electron chi connectivity index (χ4n) is 3.25. The largest absolute Gasteiger partial charge is 0.346 e. The third-order valence-electron chi connectivity index (χ3n) is 4.45. The number of hydrogen-bond donors (Lipinski definition) is 1. The van der Waals surface area contributed by atoms with Crippen LogP contribution in [0.3, 0.4) is 0 Å². The molecule has 0 saturated carbocycles. The van der Waals surface area contributed by atoms with Crippen LogP contribution in [-0.2, 0) is 20.0 Å². The Bertz CT molecular complexity index is 581. The average molecular weight is 286 g/mol. The summed E-state index contributed by atoms with van der Waals surface area (Å²) in [6.45, 7) is 4.20. The van der Waals surface area contributed by atoms with Crippen molar-refractivity contribution in [2.24, 2.45) is 7.05 Å². The number of nitrogens with one attached hydrogen (secondary N) is 1. The smallest absolute Gasteiger partial charge is 0.128 e. The van der Waals surface area contributed by atoms with Crippen LogP contribution in [0.25, 0.3) is 0 Å². The molecule has 114 valence electrons. The van der Waals surface area contributed by atoms with Crippen molar-refractivity contribution in [1.29, 1.82) is 0 Å². The maximum absolute atomic E-state index is 4.43. The lowest BCUT2D eigenvalue weighted by molar-refractivity contribution is 0.488. The summed E-state index contributed by atoms with van der Waals surface area (Å²) in [6, 6.07) is 0.532. The highest BCUT2D eigenvalue weighted by atomic mass is 15.1. The van der Waals surface area contributed by atoms with Crippen molar-refractivity contribution >= 4 is 0 Å². The number of hydrogen-bond acceptors (Lipinski definition) is 2. The predicted molar refractivity (Wildman–Crippen MR) is 85.3 cm³/mol. The van der Waals surface area contributed by atoms with E-state index in [9.17, 15) is 0 Å². The molecule has 2 aromatic rings. The van der Waals surface area contributed by atoms with Crippen LogP contribution in [-0.4, -0.2) is 20.7 Å². The lowest BCUT2D eigenvalue weighted by Gasteiger charge is -2.16. The molecule has 2 heterocycles. The molecule has 0 bridgehead atoms. The van der Waals surface area contributed by atoms with Gasteiger partial charge in [0.15, 0.2) is 0 Å². The average Bonchev–Trinajstić information content (AvgIpc) is 3.01. The molecule has 0 radical (unpaired) electrons. The van der Waals surface area contributed by atoms with Crippen molar-refractivity contribution in [3.8, 4) is 0 Å². The van der Waals surface area contributed by atoms with Crippen molar-refractivity contribution in [3.63, 3.8) is 0 Å². The molecular weight excluding hydrogens is 260 g/mol. The molecule has 1 N–H and O–H groups in total. The van der Waals surface area contributed by atoms with E-state index >= 15 is 0 Å². The number of aryl methyl sites for hydroxylation is 2. The van der Waals surface area contributed by atoms with Crippen LogP contribution >= 0.6 is 0 Å². The van der Waals surface area contributed by atoms with Gasteiger partial charge in [-0.1, -0.05) is 13.3 Å². The van der Waals surface area contributed by atoms with Gasteiger partial charge in [0.05, 0.1) is 6.54 Å². The molecule has 1 aliphatic rings. The lowest BCUT2D eigenvalue weighted by atomic mass is 10.0. The third kappa shape index (κ3) is 3.21. The van der Waals surface area contributed by atoms with E-state index in [0.717, 1.165) is 18.9 Å². The highest BCUT2D eigenvalue weighted by Gasteiger charge is 2.20. The van der Waals surface area contributed by atoms with Crippen molar-refractivity contribution in [2.45, 2.75) is 51.6 Å². The Morgan fingerprint density at radius 1 is 1.33 bits per heavy atom. The maximum atomic E-state index is 4.43. The first kappa shape index (κ1) is 14.4. The highest BCUT2D eigenvalue weighted by Crippen LogP contribution is 2.29. The van der Waals surface area contributed by atoms with Crippen LogP contribution in [0.2, 0.25) is 0 Å². The Morgan fingerprint density at radius 2 is 2.24 bits per heavy atom. The topological polar surface area (TPSA) is 34.8 Å². The first-order valence-corrected chi connectivity index (χ1v) is 8.16. The van der Waals surface area contributed by atoms with Gasteiger partial charge >= 0.3 is 0 Å². The first-order valence-electron chi connectivity index (χ1n) is 8.16.